The van der Waals surface area contributed by atoms with Crippen molar-refractivity contribution in [1.29, 1.82) is 0 Å². The van der Waals surface area contributed by atoms with Crippen LogP contribution in [0.2, 0.25) is 0 Å². The summed E-state index contributed by atoms with van der Waals surface area (Å²) in [5, 5.41) is 0. The Morgan fingerprint density at radius 1 is 1.11 bits per heavy atom. The zero-order valence-electron chi connectivity index (χ0n) is 16.2. The number of H-pyrrole nitrogens is 1. The SMILES string of the molecule is Cc1ccc(CCC2CCCC3C[C@@]23c2nc3ccc(F)cc3[nH]2)cc1C. The topological polar surface area (TPSA) is 28.7 Å². The number of aromatic amines is 1. The number of nitrogens with one attached hydrogen (secondary N) is 1. The molecule has 5 rings (SSSR count). The molecular weight excluding hydrogens is 335 g/mol. The Labute approximate surface area is 160 Å². The van der Waals surface area contributed by atoms with E-state index in [1.54, 1.807) is 12.1 Å². The minimum atomic E-state index is -0.197. The zero-order chi connectivity index (χ0) is 18.6. The first kappa shape index (κ1) is 17.0. The van der Waals surface area contributed by atoms with E-state index in [9.17, 15) is 4.39 Å². The van der Waals surface area contributed by atoms with Gasteiger partial charge in [-0.15, -0.1) is 0 Å². The van der Waals surface area contributed by atoms with Crippen LogP contribution in [0.1, 0.15) is 54.6 Å². The monoisotopic (exact) mass is 362 g/mol. The van der Waals surface area contributed by atoms with Crippen LogP contribution in [0.25, 0.3) is 11.0 Å². The maximum absolute atomic E-state index is 13.6. The Morgan fingerprint density at radius 2 is 2.00 bits per heavy atom. The molecular formula is C24H27FN2. The summed E-state index contributed by atoms with van der Waals surface area (Å²) >= 11 is 0. The highest BCUT2D eigenvalue weighted by molar-refractivity contribution is 5.75. The number of fused-ring (bicyclic) bond motifs is 2. The van der Waals surface area contributed by atoms with E-state index in [0.29, 0.717) is 5.92 Å². The van der Waals surface area contributed by atoms with Gasteiger partial charge in [0.25, 0.3) is 0 Å². The predicted octanol–water partition coefficient (Wildman–Crippen LogP) is 6.01. The van der Waals surface area contributed by atoms with Gasteiger partial charge in [-0.05, 0) is 92.7 Å². The van der Waals surface area contributed by atoms with Crippen LogP contribution in [0, 0.1) is 31.5 Å². The molecule has 3 heteroatoms. The van der Waals surface area contributed by atoms with Gasteiger partial charge in [0, 0.05) is 5.41 Å². The van der Waals surface area contributed by atoms with Crippen molar-refractivity contribution in [2.45, 2.75) is 57.8 Å². The van der Waals surface area contributed by atoms with Gasteiger partial charge >= 0.3 is 0 Å². The third-order valence-electron chi connectivity index (χ3n) is 7.22. The predicted molar refractivity (Wildman–Crippen MR) is 107 cm³/mol. The summed E-state index contributed by atoms with van der Waals surface area (Å²) < 4.78 is 13.6. The number of imidazole rings is 1. The Morgan fingerprint density at radius 3 is 2.85 bits per heavy atom. The van der Waals surface area contributed by atoms with Gasteiger partial charge in [0.05, 0.1) is 11.0 Å². The van der Waals surface area contributed by atoms with Gasteiger partial charge in [-0.1, -0.05) is 24.6 Å². The normalized spacial score (nSPS) is 26.9. The number of hydrogen-bond donors (Lipinski definition) is 1. The molecule has 2 nitrogen and oxygen atoms in total. The van der Waals surface area contributed by atoms with Crippen molar-refractivity contribution in [1.82, 2.24) is 9.97 Å². The van der Waals surface area contributed by atoms with Gasteiger partial charge in [0.1, 0.15) is 11.6 Å². The highest BCUT2D eigenvalue weighted by Gasteiger charge is 2.62. The number of halogens is 1. The number of hydrogen-bond acceptors (Lipinski definition) is 1. The minimum Gasteiger partial charge on any atom is -0.341 e. The van der Waals surface area contributed by atoms with Gasteiger partial charge in [0.2, 0.25) is 0 Å². The third kappa shape index (κ3) is 2.79. The van der Waals surface area contributed by atoms with E-state index in [-0.39, 0.29) is 11.2 Å². The molecule has 2 saturated carbocycles. The van der Waals surface area contributed by atoms with E-state index in [1.807, 2.05) is 0 Å². The van der Waals surface area contributed by atoms with Gasteiger partial charge in [-0.2, -0.15) is 0 Å². The minimum absolute atomic E-state index is 0.197. The number of benzene rings is 2. The molecule has 1 aromatic heterocycles. The Balaban J connectivity index is 1.42. The Hall–Kier alpha value is -2.16. The summed E-state index contributed by atoms with van der Waals surface area (Å²) in [6, 6.07) is 11.8. The summed E-state index contributed by atoms with van der Waals surface area (Å²) in [5.74, 6) is 2.33. The van der Waals surface area contributed by atoms with Crippen molar-refractivity contribution in [2.24, 2.45) is 11.8 Å². The molecule has 2 fully saturated rings. The van der Waals surface area contributed by atoms with E-state index in [2.05, 4.69) is 37.0 Å². The number of aryl methyl sites for hydroxylation is 3. The highest BCUT2D eigenvalue weighted by Crippen LogP contribution is 2.65. The van der Waals surface area contributed by atoms with Crippen LogP contribution >= 0.6 is 0 Å². The Bertz CT molecular complexity index is 1000. The van der Waals surface area contributed by atoms with Crippen molar-refractivity contribution in [3.63, 3.8) is 0 Å². The molecule has 0 bridgehead atoms. The van der Waals surface area contributed by atoms with Crippen molar-refractivity contribution in [2.75, 3.05) is 0 Å². The smallest absolute Gasteiger partial charge is 0.125 e. The fourth-order valence-corrected chi connectivity index (χ4v) is 5.46. The van der Waals surface area contributed by atoms with E-state index in [0.717, 1.165) is 29.2 Å². The van der Waals surface area contributed by atoms with Crippen molar-refractivity contribution >= 4 is 11.0 Å². The molecule has 3 aromatic rings. The van der Waals surface area contributed by atoms with Crippen LogP contribution in [-0.4, -0.2) is 9.97 Å². The lowest BCUT2D eigenvalue weighted by Crippen LogP contribution is -2.28. The molecule has 1 N–H and O–H groups in total. The Kier molecular flexibility index (Phi) is 3.89. The number of aromatic nitrogens is 2. The van der Waals surface area contributed by atoms with E-state index < -0.39 is 0 Å². The molecule has 2 unspecified atom stereocenters. The van der Waals surface area contributed by atoms with Crippen molar-refractivity contribution in [3.8, 4) is 0 Å². The summed E-state index contributed by atoms with van der Waals surface area (Å²) in [5.41, 5.74) is 6.13. The van der Waals surface area contributed by atoms with Gasteiger partial charge < -0.3 is 4.98 Å². The largest absolute Gasteiger partial charge is 0.341 e. The number of nitrogens with zero attached hydrogens (tertiary/aromatic N) is 1. The average Bonchev–Trinajstić information content (AvgIpc) is 3.27. The van der Waals surface area contributed by atoms with E-state index >= 15 is 0 Å². The molecule has 2 aliphatic rings. The highest BCUT2D eigenvalue weighted by atomic mass is 19.1. The lowest BCUT2D eigenvalue weighted by molar-refractivity contribution is 0.266. The van der Waals surface area contributed by atoms with Crippen molar-refractivity contribution < 1.29 is 4.39 Å². The molecule has 2 aromatic carbocycles. The van der Waals surface area contributed by atoms with Gasteiger partial charge in [-0.25, -0.2) is 9.37 Å². The van der Waals surface area contributed by atoms with Crippen LogP contribution in [-0.2, 0) is 11.8 Å². The summed E-state index contributed by atoms with van der Waals surface area (Å²) in [6.45, 7) is 4.37. The van der Waals surface area contributed by atoms with E-state index in [1.165, 1.54) is 54.9 Å². The lowest BCUT2D eigenvalue weighted by atomic mass is 9.74. The first-order valence-electron chi connectivity index (χ1n) is 10.3. The molecule has 3 atom stereocenters. The molecule has 1 heterocycles. The summed E-state index contributed by atoms with van der Waals surface area (Å²) in [6.07, 6.45) is 7.52. The maximum atomic E-state index is 13.6. The fourth-order valence-electron chi connectivity index (χ4n) is 5.46. The van der Waals surface area contributed by atoms with Crippen LogP contribution in [0.3, 0.4) is 0 Å². The first-order valence-corrected chi connectivity index (χ1v) is 10.3. The first-order chi connectivity index (χ1) is 13.1. The molecule has 27 heavy (non-hydrogen) atoms. The van der Waals surface area contributed by atoms with E-state index in [4.69, 9.17) is 4.98 Å². The molecule has 2 aliphatic carbocycles. The standard InChI is InChI=1S/C24H27FN2/c1-15-6-7-17(12-16(15)2)8-9-18-4-3-5-19-14-24(18,19)23-26-21-11-10-20(25)13-22(21)27-23/h6-7,10-13,18-19H,3-5,8-9,14H2,1-2H3,(H,26,27)/t18?,19?,24-/m1/s1. The second kappa shape index (κ2) is 6.19. The van der Waals surface area contributed by atoms with Crippen LogP contribution in [0.15, 0.2) is 36.4 Å². The van der Waals surface area contributed by atoms with Crippen molar-refractivity contribution in [3.05, 3.63) is 64.7 Å². The van der Waals surface area contributed by atoms with Gasteiger partial charge in [0.15, 0.2) is 0 Å². The molecule has 0 spiro atoms. The zero-order valence-corrected chi connectivity index (χ0v) is 16.2. The molecule has 0 radical (unpaired) electrons. The lowest BCUT2D eigenvalue weighted by Gasteiger charge is -2.31. The summed E-state index contributed by atoms with van der Waals surface area (Å²) in [7, 11) is 0. The molecule has 0 saturated heterocycles. The molecule has 140 valence electrons. The molecule has 0 amide bonds. The van der Waals surface area contributed by atoms with Gasteiger partial charge in [-0.3, -0.25) is 0 Å². The second-order valence-corrected chi connectivity index (χ2v) is 8.77. The summed E-state index contributed by atoms with van der Waals surface area (Å²) in [4.78, 5) is 8.38. The average molecular weight is 362 g/mol. The second-order valence-electron chi connectivity index (χ2n) is 8.77. The fraction of sp³-hybridized carbons (Fsp3) is 0.458. The number of rotatable bonds is 4. The quantitative estimate of drug-likeness (QED) is 0.605. The van der Waals surface area contributed by atoms with Crippen LogP contribution < -0.4 is 0 Å². The van der Waals surface area contributed by atoms with Crippen LogP contribution in [0.5, 0.6) is 0 Å². The maximum Gasteiger partial charge on any atom is 0.125 e. The van der Waals surface area contributed by atoms with Crippen LogP contribution in [0.4, 0.5) is 4.39 Å². The third-order valence-corrected chi connectivity index (χ3v) is 7.22. The molecule has 0 aliphatic heterocycles.